The molecule has 2 nitrogen and oxygen atoms in total. The molecule has 0 amide bonds. The maximum Gasteiger partial charge on any atom is 0.0459 e. The molecular weight excluding hydrogens is 244 g/mol. The third kappa shape index (κ3) is 2.16. The minimum absolute atomic E-state index is 0.852. The highest BCUT2D eigenvalue weighted by Crippen LogP contribution is 2.41. The third-order valence-corrected chi connectivity index (χ3v) is 5.09. The van der Waals surface area contributed by atoms with E-state index in [4.69, 9.17) is 0 Å². The van der Waals surface area contributed by atoms with Crippen LogP contribution in [-0.4, -0.2) is 29.5 Å². The summed E-state index contributed by atoms with van der Waals surface area (Å²) >= 11 is 0. The molecule has 0 saturated heterocycles. The Labute approximate surface area is 121 Å². The summed E-state index contributed by atoms with van der Waals surface area (Å²) in [5.41, 5.74) is 6.02. The second-order valence-electron chi connectivity index (χ2n) is 6.45. The van der Waals surface area contributed by atoms with Crippen molar-refractivity contribution < 1.29 is 0 Å². The number of rotatable bonds is 2. The van der Waals surface area contributed by atoms with Gasteiger partial charge in [-0.2, -0.15) is 0 Å². The van der Waals surface area contributed by atoms with Gasteiger partial charge in [0.1, 0.15) is 0 Å². The minimum atomic E-state index is 0.852. The van der Waals surface area contributed by atoms with Crippen molar-refractivity contribution in [1.29, 1.82) is 0 Å². The van der Waals surface area contributed by atoms with Crippen molar-refractivity contribution in [3.8, 4) is 0 Å². The summed E-state index contributed by atoms with van der Waals surface area (Å²) in [5, 5.41) is 1.50. The van der Waals surface area contributed by atoms with E-state index in [1.165, 1.54) is 68.3 Å². The van der Waals surface area contributed by atoms with Gasteiger partial charge in [-0.1, -0.05) is 13.0 Å². The van der Waals surface area contributed by atoms with Crippen LogP contribution in [0.15, 0.2) is 18.2 Å². The molecule has 1 aliphatic carbocycles. The van der Waals surface area contributed by atoms with Crippen molar-refractivity contribution in [3.05, 3.63) is 35.0 Å². The highest BCUT2D eigenvalue weighted by atomic mass is 15.1. The number of aromatic nitrogens is 1. The second-order valence-corrected chi connectivity index (χ2v) is 6.45. The van der Waals surface area contributed by atoms with Gasteiger partial charge in [0.2, 0.25) is 0 Å². The quantitative estimate of drug-likeness (QED) is 0.876. The van der Waals surface area contributed by atoms with Crippen molar-refractivity contribution in [3.63, 3.8) is 0 Å². The lowest BCUT2D eigenvalue weighted by Gasteiger charge is -2.23. The van der Waals surface area contributed by atoms with Gasteiger partial charge >= 0.3 is 0 Å². The van der Waals surface area contributed by atoms with Crippen LogP contribution in [-0.2, 0) is 12.8 Å². The van der Waals surface area contributed by atoms with Gasteiger partial charge in [-0.3, -0.25) is 0 Å². The number of hydrogen-bond acceptors (Lipinski definition) is 1. The Morgan fingerprint density at radius 2 is 2.10 bits per heavy atom. The summed E-state index contributed by atoms with van der Waals surface area (Å²) in [5.74, 6) is 0.852. The third-order valence-electron chi connectivity index (χ3n) is 5.09. The Bertz CT molecular complexity index is 622. The topological polar surface area (TPSA) is 19.0 Å². The fraction of sp³-hybridized carbons (Fsp3) is 0.556. The molecule has 2 heterocycles. The molecule has 2 heteroatoms. The van der Waals surface area contributed by atoms with E-state index in [0.717, 1.165) is 5.92 Å². The number of nitrogens with zero attached hydrogens (tertiary/aromatic N) is 1. The number of hydrogen-bond donors (Lipinski definition) is 1. The zero-order chi connectivity index (χ0) is 13.5. The highest BCUT2D eigenvalue weighted by molar-refractivity contribution is 5.85. The Morgan fingerprint density at radius 1 is 1.20 bits per heavy atom. The second kappa shape index (κ2) is 4.92. The first-order chi connectivity index (χ1) is 9.85. The standard InChI is InChI=1S/C18H24N2/c1-2-20-10-3-4-17-15(9-11-20)16-12-14(13-5-6-13)7-8-18(16)19-17/h7-8,12-13,19H,2-6,9-11H2,1H3. The summed E-state index contributed by atoms with van der Waals surface area (Å²) in [7, 11) is 0. The van der Waals surface area contributed by atoms with E-state index >= 15 is 0 Å². The maximum atomic E-state index is 3.68. The fourth-order valence-electron chi connectivity index (χ4n) is 3.67. The van der Waals surface area contributed by atoms with E-state index in [9.17, 15) is 0 Å². The number of fused-ring (bicyclic) bond motifs is 3. The minimum Gasteiger partial charge on any atom is -0.358 e. The molecule has 1 fully saturated rings. The number of aryl methyl sites for hydroxylation is 1. The molecule has 4 rings (SSSR count). The molecule has 2 aliphatic rings. The predicted octanol–water partition coefficient (Wildman–Crippen LogP) is 3.86. The number of likely N-dealkylation sites (N-methyl/N-ethyl adjacent to an activating group) is 1. The Kier molecular flexibility index (Phi) is 3.07. The highest BCUT2D eigenvalue weighted by Gasteiger charge is 2.24. The number of benzene rings is 1. The molecule has 1 aromatic heterocycles. The van der Waals surface area contributed by atoms with Gasteiger partial charge < -0.3 is 9.88 Å². The zero-order valence-corrected chi connectivity index (χ0v) is 12.4. The predicted molar refractivity (Wildman–Crippen MR) is 84.4 cm³/mol. The molecule has 1 aliphatic heterocycles. The van der Waals surface area contributed by atoms with Crippen LogP contribution in [0.25, 0.3) is 10.9 Å². The maximum absolute atomic E-state index is 3.68. The molecule has 2 aromatic rings. The monoisotopic (exact) mass is 268 g/mol. The molecule has 0 unspecified atom stereocenters. The zero-order valence-electron chi connectivity index (χ0n) is 12.4. The summed E-state index contributed by atoms with van der Waals surface area (Å²) in [6.07, 6.45) is 6.48. The first-order valence-electron chi connectivity index (χ1n) is 8.21. The van der Waals surface area contributed by atoms with Crippen molar-refractivity contribution in [2.45, 2.75) is 44.9 Å². The molecule has 1 aromatic carbocycles. The van der Waals surface area contributed by atoms with Crippen LogP contribution in [0.5, 0.6) is 0 Å². The molecule has 0 spiro atoms. The molecule has 0 bridgehead atoms. The molecule has 106 valence electrons. The number of nitrogens with one attached hydrogen (secondary N) is 1. The molecular formula is C18H24N2. The first kappa shape index (κ1) is 12.5. The Hall–Kier alpha value is -1.28. The van der Waals surface area contributed by atoms with E-state index < -0.39 is 0 Å². The van der Waals surface area contributed by atoms with E-state index in [2.05, 4.69) is 35.0 Å². The van der Waals surface area contributed by atoms with E-state index in [0.29, 0.717) is 0 Å². The van der Waals surface area contributed by atoms with Crippen LogP contribution in [0.4, 0.5) is 0 Å². The lowest BCUT2D eigenvalue weighted by Crippen LogP contribution is -2.29. The van der Waals surface area contributed by atoms with Crippen LogP contribution in [0.3, 0.4) is 0 Å². The SMILES string of the molecule is CCN1CCCc2[nH]c3ccc(C4CC4)cc3c2CC1. The van der Waals surface area contributed by atoms with Crippen LogP contribution >= 0.6 is 0 Å². The normalized spacial score (nSPS) is 20.6. The molecule has 1 saturated carbocycles. The van der Waals surface area contributed by atoms with Gasteiger partial charge in [0, 0.05) is 23.1 Å². The van der Waals surface area contributed by atoms with Crippen molar-refractivity contribution >= 4 is 10.9 Å². The van der Waals surface area contributed by atoms with Gasteiger partial charge in [0.05, 0.1) is 0 Å². The molecule has 20 heavy (non-hydrogen) atoms. The summed E-state index contributed by atoms with van der Waals surface area (Å²) in [6.45, 7) is 5.93. The summed E-state index contributed by atoms with van der Waals surface area (Å²) < 4.78 is 0. The average molecular weight is 268 g/mol. The van der Waals surface area contributed by atoms with Gasteiger partial charge in [0.15, 0.2) is 0 Å². The Balaban J connectivity index is 1.75. The van der Waals surface area contributed by atoms with Gasteiger partial charge in [-0.15, -0.1) is 0 Å². The Morgan fingerprint density at radius 3 is 2.90 bits per heavy atom. The van der Waals surface area contributed by atoms with Crippen LogP contribution in [0.2, 0.25) is 0 Å². The van der Waals surface area contributed by atoms with Crippen LogP contribution < -0.4 is 0 Å². The molecule has 1 N–H and O–H groups in total. The van der Waals surface area contributed by atoms with Crippen molar-refractivity contribution in [2.24, 2.45) is 0 Å². The van der Waals surface area contributed by atoms with Crippen LogP contribution in [0, 0.1) is 0 Å². The van der Waals surface area contributed by atoms with Gasteiger partial charge in [-0.05, 0) is 74.4 Å². The molecule has 0 atom stereocenters. The number of aromatic amines is 1. The lowest BCUT2D eigenvalue weighted by atomic mass is 10.00. The van der Waals surface area contributed by atoms with Crippen LogP contribution in [0.1, 0.15) is 48.9 Å². The van der Waals surface area contributed by atoms with Crippen molar-refractivity contribution in [1.82, 2.24) is 9.88 Å². The molecule has 0 radical (unpaired) electrons. The number of H-pyrrole nitrogens is 1. The van der Waals surface area contributed by atoms with Gasteiger partial charge in [0.25, 0.3) is 0 Å². The van der Waals surface area contributed by atoms with E-state index in [-0.39, 0.29) is 0 Å². The largest absolute Gasteiger partial charge is 0.358 e. The average Bonchev–Trinajstić information content (AvgIpc) is 3.23. The lowest BCUT2D eigenvalue weighted by molar-refractivity contribution is 0.283. The smallest absolute Gasteiger partial charge is 0.0459 e. The van der Waals surface area contributed by atoms with Crippen molar-refractivity contribution in [2.75, 3.05) is 19.6 Å². The van der Waals surface area contributed by atoms with E-state index in [1.54, 1.807) is 11.1 Å². The summed E-state index contributed by atoms with van der Waals surface area (Å²) in [6, 6.07) is 7.12. The first-order valence-corrected chi connectivity index (χ1v) is 8.21. The fourth-order valence-corrected chi connectivity index (χ4v) is 3.67. The summed E-state index contributed by atoms with van der Waals surface area (Å²) in [4.78, 5) is 6.27. The van der Waals surface area contributed by atoms with E-state index in [1.807, 2.05) is 0 Å². The van der Waals surface area contributed by atoms with Gasteiger partial charge in [-0.25, -0.2) is 0 Å².